The van der Waals surface area contributed by atoms with Crippen molar-refractivity contribution in [1.29, 1.82) is 0 Å². The van der Waals surface area contributed by atoms with E-state index in [1.165, 1.54) is 24.1 Å². The summed E-state index contributed by atoms with van der Waals surface area (Å²) in [7, 11) is 1.73. The first kappa shape index (κ1) is 14.4. The highest BCUT2D eigenvalue weighted by Gasteiger charge is 2.24. The number of aryl methyl sites for hydroxylation is 1. The van der Waals surface area contributed by atoms with Gasteiger partial charge in [0.25, 0.3) is 0 Å². The predicted octanol–water partition coefficient (Wildman–Crippen LogP) is 2.81. The maximum atomic E-state index is 5.52. The van der Waals surface area contributed by atoms with Gasteiger partial charge in [-0.2, -0.15) is 0 Å². The van der Waals surface area contributed by atoms with E-state index in [0.29, 0.717) is 12.0 Å². The van der Waals surface area contributed by atoms with Gasteiger partial charge in [0.15, 0.2) is 5.82 Å². The number of nitrogens with zero attached hydrogens (tertiary/aromatic N) is 2. The Hall–Kier alpha value is -1.00. The van der Waals surface area contributed by atoms with Crippen molar-refractivity contribution in [3.05, 3.63) is 23.3 Å². The summed E-state index contributed by atoms with van der Waals surface area (Å²) in [5, 5.41) is 3.51. The minimum absolute atomic E-state index is 0.00943. The molecule has 1 aromatic heterocycles. The molecule has 0 fully saturated rings. The van der Waals surface area contributed by atoms with Crippen LogP contribution in [0.1, 0.15) is 62.8 Å². The first-order valence-corrected chi connectivity index (χ1v) is 7.29. The fraction of sp³-hybridized carbons (Fsp3) is 0.733. The molecule has 2 rings (SSSR count). The molecule has 0 amide bonds. The first-order valence-electron chi connectivity index (χ1n) is 7.29. The lowest BCUT2D eigenvalue weighted by atomic mass is 9.92. The lowest BCUT2D eigenvalue weighted by Gasteiger charge is -2.26. The van der Waals surface area contributed by atoms with E-state index in [-0.39, 0.29) is 6.10 Å². The van der Waals surface area contributed by atoms with Crippen LogP contribution in [0.5, 0.6) is 0 Å². The highest BCUT2D eigenvalue weighted by Crippen LogP contribution is 2.30. The van der Waals surface area contributed by atoms with Crippen molar-refractivity contribution in [3.63, 3.8) is 0 Å². The molecule has 0 aromatic carbocycles. The van der Waals surface area contributed by atoms with Crippen LogP contribution < -0.4 is 5.32 Å². The fourth-order valence-corrected chi connectivity index (χ4v) is 2.83. The standard InChI is InChI=1S/C15H25N3O/c1-5-16-12-7-6-8-13-11(12)9-17-15(18-13)14(19-4)10(2)3/h9-10,12,14,16H,5-8H2,1-4H3. The molecule has 1 aromatic rings. The monoisotopic (exact) mass is 263 g/mol. The zero-order valence-corrected chi connectivity index (χ0v) is 12.4. The number of rotatable bonds is 5. The second-order valence-electron chi connectivity index (χ2n) is 5.53. The molecule has 4 heteroatoms. The SMILES string of the molecule is CCNC1CCCc2nc(C(OC)C(C)C)ncc21. The number of aromatic nitrogens is 2. The van der Waals surface area contributed by atoms with Crippen molar-refractivity contribution in [2.75, 3.05) is 13.7 Å². The molecule has 0 spiro atoms. The van der Waals surface area contributed by atoms with Crippen molar-refractivity contribution < 1.29 is 4.74 Å². The van der Waals surface area contributed by atoms with Crippen LogP contribution in [0.2, 0.25) is 0 Å². The summed E-state index contributed by atoms with van der Waals surface area (Å²) >= 11 is 0. The van der Waals surface area contributed by atoms with Gasteiger partial charge in [0.1, 0.15) is 6.10 Å². The largest absolute Gasteiger partial charge is 0.373 e. The van der Waals surface area contributed by atoms with Gasteiger partial charge in [0.05, 0.1) is 0 Å². The minimum atomic E-state index is -0.00943. The first-order chi connectivity index (χ1) is 9.17. The van der Waals surface area contributed by atoms with E-state index >= 15 is 0 Å². The Morgan fingerprint density at radius 2 is 2.26 bits per heavy atom. The summed E-state index contributed by atoms with van der Waals surface area (Å²) in [4.78, 5) is 9.30. The second kappa shape index (κ2) is 6.44. The number of ether oxygens (including phenoxy) is 1. The van der Waals surface area contributed by atoms with Crippen LogP contribution in [0.4, 0.5) is 0 Å². The van der Waals surface area contributed by atoms with Crippen LogP contribution >= 0.6 is 0 Å². The zero-order valence-electron chi connectivity index (χ0n) is 12.4. The molecule has 1 N–H and O–H groups in total. The van der Waals surface area contributed by atoms with E-state index in [1.54, 1.807) is 7.11 Å². The maximum Gasteiger partial charge on any atom is 0.157 e. The smallest absolute Gasteiger partial charge is 0.157 e. The van der Waals surface area contributed by atoms with E-state index in [1.807, 2.05) is 6.20 Å². The number of methoxy groups -OCH3 is 1. The van der Waals surface area contributed by atoms with E-state index in [9.17, 15) is 0 Å². The molecule has 0 aliphatic heterocycles. The van der Waals surface area contributed by atoms with Gasteiger partial charge in [-0.15, -0.1) is 0 Å². The van der Waals surface area contributed by atoms with Gasteiger partial charge in [-0.3, -0.25) is 0 Å². The fourth-order valence-electron chi connectivity index (χ4n) is 2.83. The van der Waals surface area contributed by atoms with E-state index < -0.39 is 0 Å². The van der Waals surface area contributed by atoms with Gasteiger partial charge in [-0.1, -0.05) is 20.8 Å². The number of fused-ring (bicyclic) bond motifs is 1. The molecule has 0 saturated heterocycles. The molecule has 106 valence electrons. The minimum Gasteiger partial charge on any atom is -0.373 e. The molecule has 1 aliphatic carbocycles. The Labute approximate surface area is 116 Å². The quantitative estimate of drug-likeness (QED) is 0.887. The van der Waals surface area contributed by atoms with Gasteiger partial charge in [-0.05, 0) is 31.7 Å². The van der Waals surface area contributed by atoms with E-state index in [4.69, 9.17) is 9.72 Å². The van der Waals surface area contributed by atoms with Gasteiger partial charge in [0.2, 0.25) is 0 Å². The average molecular weight is 263 g/mol. The van der Waals surface area contributed by atoms with Crippen molar-refractivity contribution in [2.45, 2.75) is 52.2 Å². The molecular weight excluding hydrogens is 238 g/mol. The summed E-state index contributed by atoms with van der Waals surface area (Å²) in [5.41, 5.74) is 2.47. The Morgan fingerprint density at radius 3 is 2.89 bits per heavy atom. The summed E-state index contributed by atoms with van der Waals surface area (Å²) in [6.45, 7) is 7.40. The van der Waals surface area contributed by atoms with Gasteiger partial charge >= 0.3 is 0 Å². The van der Waals surface area contributed by atoms with Gasteiger partial charge < -0.3 is 10.1 Å². The molecular formula is C15H25N3O. The molecule has 19 heavy (non-hydrogen) atoms. The zero-order chi connectivity index (χ0) is 13.8. The maximum absolute atomic E-state index is 5.52. The number of hydrogen-bond acceptors (Lipinski definition) is 4. The summed E-state index contributed by atoms with van der Waals surface area (Å²) in [6.07, 6.45) is 5.42. The average Bonchev–Trinajstić information content (AvgIpc) is 2.39. The lowest BCUT2D eigenvalue weighted by molar-refractivity contribution is 0.0571. The Morgan fingerprint density at radius 1 is 1.47 bits per heavy atom. The summed E-state index contributed by atoms with van der Waals surface area (Å²) < 4.78 is 5.52. The van der Waals surface area contributed by atoms with Crippen LogP contribution in [0.3, 0.4) is 0 Å². The van der Waals surface area contributed by atoms with Gasteiger partial charge in [0, 0.05) is 30.6 Å². The third-order valence-electron chi connectivity index (χ3n) is 3.76. The third-order valence-corrected chi connectivity index (χ3v) is 3.76. The predicted molar refractivity (Wildman–Crippen MR) is 76.0 cm³/mol. The molecule has 2 unspecified atom stereocenters. The van der Waals surface area contributed by atoms with Crippen LogP contribution in [-0.4, -0.2) is 23.6 Å². The molecule has 2 atom stereocenters. The van der Waals surface area contributed by atoms with Crippen molar-refractivity contribution in [2.24, 2.45) is 5.92 Å². The van der Waals surface area contributed by atoms with Crippen molar-refractivity contribution in [1.82, 2.24) is 15.3 Å². The van der Waals surface area contributed by atoms with Gasteiger partial charge in [-0.25, -0.2) is 9.97 Å². The van der Waals surface area contributed by atoms with Crippen LogP contribution in [-0.2, 0) is 11.2 Å². The van der Waals surface area contributed by atoms with E-state index in [2.05, 4.69) is 31.1 Å². The van der Waals surface area contributed by atoms with Crippen LogP contribution in [0, 0.1) is 5.92 Å². The number of hydrogen-bond donors (Lipinski definition) is 1. The highest BCUT2D eigenvalue weighted by atomic mass is 16.5. The third kappa shape index (κ3) is 3.12. The van der Waals surface area contributed by atoms with E-state index in [0.717, 1.165) is 18.8 Å². The molecule has 0 bridgehead atoms. The molecule has 1 heterocycles. The lowest BCUT2D eigenvalue weighted by Crippen LogP contribution is -2.26. The summed E-state index contributed by atoms with van der Waals surface area (Å²) in [5.74, 6) is 1.21. The molecule has 1 aliphatic rings. The molecule has 4 nitrogen and oxygen atoms in total. The second-order valence-corrected chi connectivity index (χ2v) is 5.53. The van der Waals surface area contributed by atoms with Crippen LogP contribution in [0.25, 0.3) is 0 Å². The van der Waals surface area contributed by atoms with Crippen molar-refractivity contribution in [3.8, 4) is 0 Å². The Bertz CT molecular complexity index is 420. The molecule has 0 saturated carbocycles. The van der Waals surface area contributed by atoms with Crippen molar-refractivity contribution >= 4 is 0 Å². The Balaban J connectivity index is 2.28. The normalized spacial score (nSPS) is 20.4. The number of nitrogens with one attached hydrogen (secondary N) is 1. The topological polar surface area (TPSA) is 47.0 Å². The molecule has 0 radical (unpaired) electrons. The highest BCUT2D eigenvalue weighted by molar-refractivity contribution is 5.25. The summed E-state index contributed by atoms with van der Waals surface area (Å²) in [6, 6.07) is 0.419. The Kier molecular flexibility index (Phi) is 4.88. The van der Waals surface area contributed by atoms with Crippen LogP contribution in [0.15, 0.2) is 6.20 Å².